The lowest BCUT2D eigenvalue weighted by molar-refractivity contribution is -0.166. The van der Waals surface area contributed by atoms with E-state index in [2.05, 4.69) is 11.6 Å². The van der Waals surface area contributed by atoms with Gasteiger partial charge in [-0.15, -0.1) is 0 Å². The Hall–Kier alpha value is -3.66. The summed E-state index contributed by atoms with van der Waals surface area (Å²) in [4.78, 5) is 30.7. The number of ketones is 2. The fourth-order valence-electron chi connectivity index (χ4n) is 4.00. The molecule has 0 spiro atoms. The summed E-state index contributed by atoms with van der Waals surface area (Å²) in [7, 11) is 2.83. The summed E-state index contributed by atoms with van der Waals surface area (Å²) in [5.74, 6) is -1.13. The highest BCUT2D eigenvalue weighted by molar-refractivity contribution is 6.02. The minimum Gasteiger partial charge on any atom is -0.493 e. The first kappa shape index (κ1) is 32.6. The number of ether oxygens (including phenoxy) is 3. The maximum Gasteiger partial charge on any atom is 0.454 e. The van der Waals surface area contributed by atoms with Crippen molar-refractivity contribution in [2.24, 2.45) is 4.99 Å². The molecular weight excluding hydrogens is 525 g/mol. The molecule has 0 amide bonds. The van der Waals surface area contributed by atoms with Crippen LogP contribution < -0.4 is 4.74 Å². The number of likely N-dealkylation sites (N-methyl/N-ethyl adjacent to an activating group) is 1. The van der Waals surface area contributed by atoms with Crippen molar-refractivity contribution in [1.29, 1.82) is 0 Å². The summed E-state index contributed by atoms with van der Waals surface area (Å²) in [5.41, 5.74) is 3.06. The van der Waals surface area contributed by atoms with Crippen LogP contribution in [-0.4, -0.2) is 68.6 Å². The molecule has 0 saturated heterocycles. The molecule has 1 aliphatic heterocycles. The van der Waals surface area contributed by atoms with Crippen LogP contribution >= 0.6 is 0 Å². The lowest BCUT2D eigenvalue weighted by atomic mass is 9.99. The van der Waals surface area contributed by atoms with Crippen LogP contribution in [-0.2, 0) is 25.5 Å². The Bertz CT molecular complexity index is 1210. The Kier molecular flexibility index (Phi) is 11.9. The molecule has 1 aliphatic rings. The number of allylic oxidation sites excluding steroid dienone is 4. The number of halogens is 3. The third kappa shape index (κ3) is 8.67. The molecular formula is C30H37F3N2O5. The lowest BCUT2D eigenvalue weighted by Gasteiger charge is -2.31. The van der Waals surface area contributed by atoms with Gasteiger partial charge in [-0.1, -0.05) is 30.9 Å². The first-order chi connectivity index (χ1) is 18.8. The van der Waals surface area contributed by atoms with E-state index < -0.39 is 23.6 Å². The van der Waals surface area contributed by atoms with E-state index in [1.165, 1.54) is 26.0 Å². The average Bonchev–Trinajstić information content (AvgIpc) is 2.92. The van der Waals surface area contributed by atoms with Gasteiger partial charge in [0.05, 0.1) is 18.3 Å². The molecule has 1 heterocycles. The van der Waals surface area contributed by atoms with Crippen molar-refractivity contribution >= 4 is 17.5 Å². The van der Waals surface area contributed by atoms with Crippen molar-refractivity contribution in [3.63, 3.8) is 0 Å². The number of methoxy groups -OCH3 is 1. The van der Waals surface area contributed by atoms with Gasteiger partial charge >= 0.3 is 6.18 Å². The van der Waals surface area contributed by atoms with Crippen LogP contribution in [0.3, 0.4) is 0 Å². The van der Waals surface area contributed by atoms with Crippen LogP contribution in [0.5, 0.6) is 5.75 Å². The van der Waals surface area contributed by atoms with Crippen LogP contribution in [0, 0.1) is 0 Å². The molecule has 40 heavy (non-hydrogen) atoms. The van der Waals surface area contributed by atoms with Crippen molar-refractivity contribution in [2.45, 2.75) is 52.8 Å². The van der Waals surface area contributed by atoms with Gasteiger partial charge in [-0.3, -0.25) is 9.59 Å². The van der Waals surface area contributed by atoms with Crippen molar-refractivity contribution < 1.29 is 37.0 Å². The maximum atomic E-state index is 13.1. The summed E-state index contributed by atoms with van der Waals surface area (Å²) in [6.45, 7) is 11.2. The fraction of sp³-hybridized carbons (Fsp3) is 0.433. The lowest BCUT2D eigenvalue weighted by Crippen LogP contribution is -2.42. The predicted octanol–water partition coefficient (Wildman–Crippen LogP) is 5.77. The molecule has 0 aromatic heterocycles. The minimum atomic E-state index is -5.06. The molecule has 218 valence electrons. The van der Waals surface area contributed by atoms with Crippen LogP contribution in [0.15, 0.2) is 76.1 Å². The van der Waals surface area contributed by atoms with Gasteiger partial charge in [0, 0.05) is 37.4 Å². The SMILES string of the molecule is C=C/C(C(=O)C(F)(F)F)=C(/C)N(C)C(Cc1ccc(OCCC2=C(C)COC(/C(C)=C/C)=N2)cc1)C(=O)COC. The third-order valence-corrected chi connectivity index (χ3v) is 6.64. The maximum absolute atomic E-state index is 13.1. The minimum absolute atomic E-state index is 0.0140. The van der Waals surface area contributed by atoms with E-state index in [-0.39, 0.29) is 24.5 Å². The summed E-state index contributed by atoms with van der Waals surface area (Å²) in [5, 5.41) is 0. The number of hydrogen-bond acceptors (Lipinski definition) is 7. The van der Waals surface area contributed by atoms with E-state index >= 15 is 0 Å². The van der Waals surface area contributed by atoms with Crippen molar-refractivity contribution in [1.82, 2.24) is 4.90 Å². The molecule has 1 atom stereocenters. The second kappa shape index (κ2) is 14.6. The summed E-state index contributed by atoms with van der Waals surface area (Å²) in [6.07, 6.45) is -1.48. The molecule has 0 aliphatic carbocycles. The zero-order valence-corrected chi connectivity index (χ0v) is 23.9. The number of aliphatic imine (C=N–C) groups is 1. The second-order valence-corrected chi connectivity index (χ2v) is 9.41. The molecule has 1 aromatic rings. The van der Waals surface area contributed by atoms with Crippen LogP contribution in [0.2, 0.25) is 0 Å². The fourth-order valence-corrected chi connectivity index (χ4v) is 4.00. The Labute approximate surface area is 233 Å². The number of carbonyl (C=O) groups is 2. The molecule has 0 bridgehead atoms. The summed E-state index contributed by atoms with van der Waals surface area (Å²) >= 11 is 0. The van der Waals surface area contributed by atoms with Gasteiger partial charge in [-0.2, -0.15) is 13.2 Å². The zero-order valence-electron chi connectivity index (χ0n) is 23.9. The van der Waals surface area contributed by atoms with Gasteiger partial charge in [-0.25, -0.2) is 4.99 Å². The molecule has 0 radical (unpaired) electrons. The Morgan fingerprint density at radius 2 is 1.88 bits per heavy atom. The second-order valence-electron chi connectivity index (χ2n) is 9.41. The molecule has 1 unspecified atom stereocenters. The molecule has 0 fully saturated rings. The summed E-state index contributed by atoms with van der Waals surface area (Å²) < 4.78 is 55.8. The number of carbonyl (C=O) groups excluding carboxylic acids is 2. The molecule has 10 heteroatoms. The van der Waals surface area contributed by atoms with E-state index in [1.807, 2.05) is 26.8 Å². The normalized spacial score (nSPS) is 15.5. The quantitative estimate of drug-likeness (QED) is 0.212. The topological polar surface area (TPSA) is 77.4 Å². The third-order valence-electron chi connectivity index (χ3n) is 6.64. The van der Waals surface area contributed by atoms with E-state index in [0.717, 1.165) is 28.5 Å². The van der Waals surface area contributed by atoms with Gasteiger partial charge in [0.2, 0.25) is 5.90 Å². The molecule has 7 nitrogen and oxygen atoms in total. The van der Waals surface area contributed by atoms with Crippen LogP contribution in [0.1, 0.15) is 39.7 Å². The molecule has 0 saturated carbocycles. The van der Waals surface area contributed by atoms with E-state index in [1.54, 1.807) is 24.3 Å². The number of benzene rings is 1. The highest BCUT2D eigenvalue weighted by atomic mass is 19.4. The monoisotopic (exact) mass is 562 g/mol. The van der Waals surface area contributed by atoms with Crippen molar-refractivity contribution in [3.05, 3.63) is 76.7 Å². The molecule has 2 rings (SSSR count). The van der Waals surface area contributed by atoms with E-state index in [4.69, 9.17) is 14.2 Å². The van der Waals surface area contributed by atoms with E-state index in [0.29, 0.717) is 31.3 Å². The Balaban J connectivity index is 2.15. The van der Waals surface area contributed by atoms with Gasteiger partial charge in [0.15, 0.2) is 5.78 Å². The standard InChI is InChI=1S/C30H37F3N2O5/c1-8-19(3)29-34-25(20(4)17-40-29)14-15-39-23-12-10-22(11-13-23)16-26(27(36)18-38-7)35(6)21(5)24(9-2)28(37)30(31,32)33/h8-13,26H,2,14-18H2,1,3-7H3/b19-8+,24-21+. The van der Waals surface area contributed by atoms with Crippen molar-refractivity contribution in [3.8, 4) is 5.75 Å². The van der Waals surface area contributed by atoms with Gasteiger partial charge < -0.3 is 19.1 Å². The number of nitrogens with zero attached hydrogens (tertiary/aromatic N) is 2. The van der Waals surface area contributed by atoms with Gasteiger partial charge in [-0.05, 0) is 57.4 Å². The summed E-state index contributed by atoms with van der Waals surface area (Å²) in [6, 6.07) is 6.23. The Morgan fingerprint density at radius 1 is 1.23 bits per heavy atom. The zero-order chi connectivity index (χ0) is 30.0. The van der Waals surface area contributed by atoms with Gasteiger partial charge in [0.1, 0.15) is 19.0 Å². The first-order valence-corrected chi connectivity index (χ1v) is 12.8. The van der Waals surface area contributed by atoms with Crippen molar-refractivity contribution in [2.75, 3.05) is 34.0 Å². The first-order valence-electron chi connectivity index (χ1n) is 12.8. The van der Waals surface area contributed by atoms with Crippen LogP contribution in [0.25, 0.3) is 0 Å². The smallest absolute Gasteiger partial charge is 0.454 e. The highest BCUT2D eigenvalue weighted by Gasteiger charge is 2.41. The number of Topliss-reactive ketones (excluding diaryl/α,β-unsaturated/α-hetero) is 2. The number of hydrogen-bond donors (Lipinski definition) is 0. The highest BCUT2D eigenvalue weighted by Crippen LogP contribution is 2.26. The van der Waals surface area contributed by atoms with E-state index in [9.17, 15) is 22.8 Å². The largest absolute Gasteiger partial charge is 0.493 e. The molecule has 1 aromatic carbocycles. The number of alkyl halides is 3. The van der Waals surface area contributed by atoms with Crippen LogP contribution in [0.4, 0.5) is 13.2 Å². The predicted molar refractivity (Wildman–Crippen MR) is 148 cm³/mol. The number of rotatable bonds is 14. The Morgan fingerprint density at radius 3 is 2.42 bits per heavy atom. The molecule has 0 N–H and O–H groups in total. The average molecular weight is 563 g/mol. The van der Waals surface area contributed by atoms with Gasteiger partial charge in [0.25, 0.3) is 5.78 Å².